The maximum atomic E-state index is 5.88. The lowest BCUT2D eigenvalue weighted by atomic mass is 10.2. The lowest BCUT2D eigenvalue weighted by Gasteiger charge is -2.13. The highest BCUT2D eigenvalue weighted by Gasteiger charge is 2.08. The molecule has 0 saturated heterocycles. The summed E-state index contributed by atoms with van der Waals surface area (Å²) in [5, 5.41) is 2.06. The van der Waals surface area contributed by atoms with Gasteiger partial charge in [0, 0.05) is 21.9 Å². The topological polar surface area (TPSA) is 35.2 Å². The van der Waals surface area contributed by atoms with Gasteiger partial charge in [0.1, 0.15) is 12.4 Å². The van der Waals surface area contributed by atoms with Gasteiger partial charge in [-0.15, -0.1) is 23.1 Å². The van der Waals surface area contributed by atoms with Crippen LogP contribution in [0.5, 0.6) is 5.75 Å². The SMILES string of the molecule is CCSc1cccc(OCc2cccs2)c1CN. The van der Waals surface area contributed by atoms with Crippen molar-refractivity contribution in [2.75, 3.05) is 5.75 Å². The van der Waals surface area contributed by atoms with E-state index in [0.717, 1.165) is 17.1 Å². The molecule has 0 fully saturated rings. The van der Waals surface area contributed by atoms with Crippen LogP contribution in [-0.2, 0) is 13.2 Å². The summed E-state index contributed by atoms with van der Waals surface area (Å²) in [7, 11) is 0. The van der Waals surface area contributed by atoms with E-state index in [2.05, 4.69) is 24.4 Å². The molecule has 0 aliphatic rings. The fraction of sp³-hybridized carbons (Fsp3) is 0.286. The van der Waals surface area contributed by atoms with Gasteiger partial charge in [-0.3, -0.25) is 0 Å². The van der Waals surface area contributed by atoms with Gasteiger partial charge in [0.2, 0.25) is 0 Å². The highest BCUT2D eigenvalue weighted by atomic mass is 32.2. The molecule has 1 aromatic heterocycles. The van der Waals surface area contributed by atoms with Crippen molar-refractivity contribution in [2.24, 2.45) is 5.73 Å². The molecule has 0 bridgehead atoms. The Morgan fingerprint density at radius 3 is 2.83 bits per heavy atom. The van der Waals surface area contributed by atoms with Crippen LogP contribution < -0.4 is 10.5 Å². The zero-order valence-electron chi connectivity index (χ0n) is 10.4. The second-order valence-corrected chi connectivity index (χ2v) is 6.08. The fourth-order valence-electron chi connectivity index (χ4n) is 1.72. The number of thiophene rings is 1. The fourth-order valence-corrected chi connectivity index (χ4v) is 3.18. The Labute approximate surface area is 116 Å². The van der Waals surface area contributed by atoms with Crippen LogP contribution in [0.2, 0.25) is 0 Å². The number of hydrogen-bond donors (Lipinski definition) is 1. The molecule has 0 atom stereocenters. The van der Waals surface area contributed by atoms with Crippen LogP contribution in [0.25, 0.3) is 0 Å². The zero-order chi connectivity index (χ0) is 12.8. The number of ether oxygens (including phenoxy) is 1. The summed E-state index contributed by atoms with van der Waals surface area (Å²) in [6, 6.07) is 10.2. The minimum Gasteiger partial charge on any atom is -0.488 e. The van der Waals surface area contributed by atoms with E-state index < -0.39 is 0 Å². The third-order valence-electron chi connectivity index (χ3n) is 2.54. The highest BCUT2D eigenvalue weighted by Crippen LogP contribution is 2.30. The predicted octanol–water partition coefficient (Wildman–Crippen LogP) is 3.90. The van der Waals surface area contributed by atoms with Crippen molar-refractivity contribution in [3.05, 3.63) is 46.2 Å². The van der Waals surface area contributed by atoms with Crippen LogP contribution in [0.3, 0.4) is 0 Å². The molecule has 2 rings (SSSR count). The monoisotopic (exact) mass is 279 g/mol. The summed E-state index contributed by atoms with van der Waals surface area (Å²) in [6.07, 6.45) is 0. The third-order valence-corrected chi connectivity index (χ3v) is 4.38. The van der Waals surface area contributed by atoms with Gasteiger partial charge in [0.25, 0.3) is 0 Å². The number of hydrogen-bond acceptors (Lipinski definition) is 4. The van der Waals surface area contributed by atoms with Crippen molar-refractivity contribution >= 4 is 23.1 Å². The largest absolute Gasteiger partial charge is 0.488 e. The van der Waals surface area contributed by atoms with Gasteiger partial charge in [-0.05, 0) is 29.3 Å². The van der Waals surface area contributed by atoms with E-state index in [0.29, 0.717) is 13.2 Å². The van der Waals surface area contributed by atoms with Gasteiger partial charge in [-0.2, -0.15) is 0 Å². The maximum absolute atomic E-state index is 5.88. The summed E-state index contributed by atoms with van der Waals surface area (Å²) in [5.74, 6) is 1.95. The van der Waals surface area contributed by atoms with Crippen molar-refractivity contribution < 1.29 is 4.74 Å². The summed E-state index contributed by atoms with van der Waals surface area (Å²) in [4.78, 5) is 2.45. The number of thioether (sulfide) groups is 1. The molecule has 1 heterocycles. The zero-order valence-corrected chi connectivity index (χ0v) is 12.0. The molecule has 0 unspecified atom stereocenters. The molecule has 1 aromatic carbocycles. The molecule has 2 nitrogen and oxygen atoms in total. The summed E-state index contributed by atoms with van der Waals surface area (Å²) < 4.78 is 5.88. The van der Waals surface area contributed by atoms with Gasteiger partial charge < -0.3 is 10.5 Å². The van der Waals surface area contributed by atoms with Crippen molar-refractivity contribution in [1.29, 1.82) is 0 Å². The summed E-state index contributed by atoms with van der Waals surface area (Å²) in [5.41, 5.74) is 6.95. The molecule has 0 aliphatic carbocycles. The first-order valence-corrected chi connectivity index (χ1v) is 7.81. The standard InChI is InChI=1S/C14H17NOS2/c1-2-17-14-7-3-6-13(12(14)9-15)16-10-11-5-4-8-18-11/h3-8H,2,9-10,15H2,1H3. The summed E-state index contributed by atoms with van der Waals surface area (Å²) >= 11 is 3.52. The van der Waals surface area contributed by atoms with Gasteiger partial charge >= 0.3 is 0 Å². The van der Waals surface area contributed by atoms with Gasteiger partial charge in [0.05, 0.1) is 0 Å². The lowest BCUT2D eigenvalue weighted by molar-refractivity contribution is 0.305. The Morgan fingerprint density at radius 2 is 2.17 bits per heavy atom. The van der Waals surface area contributed by atoms with Crippen molar-refractivity contribution in [2.45, 2.75) is 25.0 Å². The van der Waals surface area contributed by atoms with Gasteiger partial charge in [-0.25, -0.2) is 0 Å². The highest BCUT2D eigenvalue weighted by molar-refractivity contribution is 7.99. The molecule has 2 aromatic rings. The first-order valence-electron chi connectivity index (χ1n) is 5.95. The number of nitrogens with two attached hydrogens (primary N) is 1. The molecule has 0 saturated carbocycles. The maximum Gasteiger partial charge on any atom is 0.125 e. The van der Waals surface area contributed by atoms with Gasteiger partial charge in [0.15, 0.2) is 0 Å². The van der Waals surface area contributed by atoms with Crippen LogP contribution in [-0.4, -0.2) is 5.75 Å². The van der Waals surface area contributed by atoms with Crippen LogP contribution in [0, 0.1) is 0 Å². The van der Waals surface area contributed by atoms with Crippen molar-refractivity contribution in [1.82, 2.24) is 0 Å². The van der Waals surface area contributed by atoms with E-state index in [1.807, 2.05) is 18.2 Å². The Kier molecular flexibility index (Phi) is 5.11. The minimum atomic E-state index is 0.517. The third kappa shape index (κ3) is 3.28. The van der Waals surface area contributed by atoms with Crippen LogP contribution in [0.1, 0.15) is 17.4 Å². The Morgan fingerprint density at radius 1 is 1.28 bits per heavy atom. The van der Waals surface area contributed by atoms with Gasteiger partial charge in [-0.1, -0.05) is 19.1 Å². The molecule has 18 heavy (non-hydrogen) atoms. The second-order valence-electron chi connectivity index (χ2n) is 3.74. The molecule has 4 heteroatoms. The first kappa shape index (κ1) is 13.5. The number of rotatable bonds is 6. The van der Waals surface area contributed by atoms with E-state index in [9.17, 15) is 0 Å². The van der Waals surface area contributed by atoms with Crippen LogP contribution in [0.15, 0.2) is 40.6 Å². The average molecular weight is 279 g/mol. The molecule has 0 radical (unpaired) electrons. The Bertz CT molecular complexity index is 483. The van der Waals surface area contributed by atoms with Crippen LogP contribution >= 0.6 is 23.1 Å². The van der Waals surface area contributed by atoms with Crippen molar-refractivity contribution in [3.63, 3.8) is 0 Å². The van der Waals surface area contributed by atoms with E-state index in [1.165, 1.54) is 9.77 Å². The van der Waals surface area contributed by atoms with Crippen LogP contribution in [0.4, 0.5) is 0 Å². The Balaban J connectivity index is 2.13. The number of benzene rings is 1. The molecule has 0 spiro atoms. The summed E-state index contributed by atoms with van der Waals surface area (Å²) in [6.45, 7) is 3.28. The lowest BCUT2D eigenvalue weighted by Crippen LogP contribution is -2.03. The normalized spacial score (nSPS) is 10.6. The van der Waals surface area contributed by atoms with E-state index in [-0.39, 0.29) is 0 Å². The minimum absolute atomic E-state index is 0.517. The average Bonchev–Trinajstić information content (AvgIpc) is 2.90. The van der Waals surface area contributed by atoms with E-state index >= 15 is 0 Å². The molecular formula is C14H17NOS2. The molecule has 0 aliphatic heterocycles. The molecule has 96 valence electrons. The molecular weight excluding hydrogens is 262 g/mol. The molecule has 2 N–H and O–H groups in total. The predicted molar refractivity (Wildman–Crippen MR) is 79.4 cm³/mol. The molecule has 0 amide bonds. The Hall–Kier alpha value is -0.970. The first-order chi connectivity index (χ1) is 8.85. The quantitative estimate of drug-likeness (QED) is 0.815. The van der Waals surface area contributed by atoms with E-state index in [4.69, 9.17) is 10.5 Å². The van der Waals surface area contributed by atoms with E-state index in [1.54, 1.807) is 23.1 Å². The van der Waals surface area contributed by atoms with Crippen molar-refractivity contribution in [3.8, 4) is 5.75 Å². The smallest absolute Gasteiger partial charge is 0.125 e. The second kappa shape index (κ2) is 6.83.